The molecule has 1 amide bonds. The van der Waals surface area contributed by atoms with Crippen molar-refractivity contribution >= 4 is 5.91 Å². The van der Waals surface area contributed by atoms with Crippen LogP contribution in [-0.4, -0.2) is 28.3 Å². The Morgan fingerprint density at radius 1 is 1.27 bits per heavy atom. The van der Waals surface area contributed by atoms with Crippen LogP contribution in [0.3, 0.4) is 0 Å². The van der Waals surface area contributed by atoms with E-state index in [2.05, 4.69) is 10.5 Å². The minimum Gasteiger partial charge on any atom is -0.388 e. The van der Waals surface area contributed by atoms with E-state index >= 15 is 0 Å². The number of rotatable bonds is 5. The second-order valence-corrected chi connectivity index (χ2v) is 5.93. The van der Waals surface area contributed by atoms with Crippen LogP contribution in [0.4, 0.5) is 0 Å². The van der Waals surface area contributed by atoms with E-state index in [0.717, 1.165) is 31.2 Å². The average molecular weight is 300 g/mol. The van der Waals surface area contributed by atoms with Crippen LogP contribution >= 0.6 is 0 Å². The molecule has 1 aliphatic carbocycles. The molecule has 5 heteroatoms. The van der Waals surface area contributed by atoms with Crippen molar-refractivity contribution < 1.29 is 14.4 Å². The number of hydrogen-bond acceptors (Lipinski definition) is 4. The third-order valence-corrected chi connectivity index (χ3v) is 4.11. The van der Waals surface area contributed by atoms with Crippen molar-refractivity contribution in [3.8, 4) is 11.3 Å². The number of carbonyl (C=O) groups excluding carboxylic acids is 1. The summed E-state index contributed by atoms with van der Waals surface area (Å²) in [5.74, 6) is 0.506. The highest BCUT2D eigenvalue weighted by Crippen LogP contribution is 2.28. The van der Waals surface area contributed by atoms with E-state index in [1.807, 2.05) is 30.3 Å². The molecule has 3 rings (SSSR count). The van der Waals surface area contributed by atoms with Crippen LogP contribution in [0.15, 0.2) is 40.9 Å². The molecule has 0 saturated heterocycles. The highest BCUT2D eigenvalue weighted by molar-refractivity contribution is 5.78. The van der Waals surface area contributed by atoms with Crippen LogP contribution in [0.1, 0.15) is 31.4 Å². The number of benzene rings is 1. The van der Waals surface area contributed by atoms with Gasteiger partial charge in [-0.1, -0.05) is 48.3 Å². The molecule has 5 nitrogen and oxygen atoms in total. The summed E-state index contributed by atoms with van der Waals surface area (Å²) in [7, 11) is 0. The van der Waals surface area contributed by atoms with Gasteiger partial charge in [-0.05, 0) is 12.8 Å². The molecule has 0 aliphatic heterocycles. The molecule has 0 unspecified atom stereocenters. The van der Waals surface area contributed by atoms with Gasteiger partial charge in [0.25, 0.3) is 0 Å². The van der Waals surface area contributed by atoms with Gasteiger partial charge in [0.1, 0.15) is 0 Å². The minimum absolute atomic E-state index is 0.145. The monoisotopic (exact) mass is 300 g/mol. The number of aromatic nitrogens is 1. The molecule has 1 aliphatic rings. The summed E-state index contributed by atoms with van der Waals surface area (Å²) in [6.07, 6.45) is 3.73. The number of hydrogen-bond donors (Lipinski definition) is 2. The average Bonchev–Trinajstić information content (AvgIpc) is 3.16. The molecular weight excluding hydrogens is 280 g/mol. The third-order valence-electron chi connectivity index (χ3n) is 4.11. The Labute approximate surface area is 129 Å². The van der Waals surface area contributed by atoms with Crippen LogP contribution < -0.4 is 5.32 Å². The summed E-state index contributed by atoms with van der Waals surface area (Å²) in [4.78, 5) is 12.0. The van der Waals surface area contributed by atoms with Crippen LogP contribution in [0.5, 0.6) is 0 Å². The quantitative estimate of drug-likeness (QED) is 0.888. The van der Waals surface area contributed by atoms with Crippen molar-refractivity contribution in [2.24, 2.45) is 0 Å². The van der Waals surface area contributed by atoms with Crippen LogP contribution in [0.2, 0.25) is 0 Å². The molecule has 0 radical (unpaired) electrons. The lowest BCUT2D eigenvalue weighted by molar-refractivity contribution is -0.121. The number of aliphatic hydroxyl groups is 1. The van der Waals surface area contributed by atoms with Gasteiger partial charge in [-0.2, -0.15) is 0 Å². The Kier molecular flexibility index (Phi) is 4.24. The molecule has 0 atom stereocenters. The van der Waals surface area contributed by atoms with E-state index in [1.54, 1.807) is 6.07 Å². The predicted molar refractivity (Wildman–Crippen MR) is 82.1 cm³/mol. The fraction of sp³-hybridized carbons (Fsp3) is 0.412. The van der Waals surface area contributed by atoms with Crippen LogP contribution in [0, 0.1) is 0 Å². The number of amides is 1. The normalized spacial score (nSPS) is 16.6. The summed E-state index contributed by atoms with van der Waals surface area (Å²) in [6, 6.07) is 11.4. The van der Waals surface area contributed by atoms with Gasteiger partial charge < -0.3 is 14.9 Å². The number of nitrogens with one attached hydrogen (secondary N) is 1. The van der Waals surface area contributed by atoms with Crippen LogP contribution in [0.25, 0.3) is 11.3 Å². The van der Waals surface area contributed by atoms with Gasteiger partial charge in [-0.15, -0.1) is 0 Å². The SMILES string of the molecule is O=C(Cc1cc(-c2ccccc2)on1)NCC1(O)CCCC1. The molecule has 0 spiro atoms. The molecular formula is C17H20N2O3. The van der Waals surface area contributed by atoms with Gasteiger partial charge >= 0.3 is 0 Å². The Morgan fingerprint density at radius 2 is 2.00 bits per heavy atom. The van der Waals surface area contributed by atoms with E-state index in [4.69, 9.17) is 4.52 Å². The zero-order valence-electron chi connectivity index (χ0n) is 12.4. The summed E-state index contributed by atoms with van der Waals surface area (Å²) in [5, 5.41) is 16.9. The lowest BCUT2D eigenvalue weighted by atomic mass is 10.0. The molecule has 22 heavy (non-hydrogen) atoms. The fourth-order valence-corrected chi connectivity index (χ4v) is 2.83. The predicted octanol–water partition coefficient (Wildman–Crippen LogP) is 2.31. The van der Waals surface area contributed by atoms with Gasteiger partial charge in [0.05, 0.1) is 17.7 Å². The molecule has 0 bridgehead atoms. The first kappa shape index (κ1) is 14.8. The molecule has 2 aromatic rings. The highest BCUT2D eigenvalue weighted by Gasteiger charge is 2.31. The summed E-state index contributed by atoms with van der Waals surface area (Å²) < 4.78 is 5.27. The van der Waals surface area contributed by atoms with Crippen molar-refractivity contribution in [3.05, 3.63) is 42.1 Å². The molecule has 1 heterocycles. The Hall–Kier alpha value is -2.14. The minimum atomic E-state index is -0.727. The lowest BCUT2D eigenvalue weighted by Crippen LogP contribution is -2.41. The smallest absolute Gasteiger partial charge is 0.226 e. The second kappa shape index (κ2) is 6.32. The molecule has 1 saturated carbocycles. The van der Waals surface area contributed by atoms with E-state index in [-0.39, 0.29) is 12.3 Å². The van der Waals surface area contributed by atoms with Gasteiger partial charge in [0, 0.05) is 18.2 Å². The van der Waals surface area contributed by atoms with Gasteiger partial charge in [0.2, 0.25) is 5.91 Å². The van der Waals surface area contributed by atoms with Crippen molar-refractivity contribution in [2.45, 2.75) is 37.7 Å². The second-order valence-electron chi connectivity index (χ2n) is 5.93. The lowest BCUT2D eigenvalue weighted by Gasteiger charge is -2.22. The molecule has 2 N–H and O–H groups in total. The zero-order chi connectivity index (χ0) is 15.4. The Bertz CT molecular complexity index is 630. The van der Waals surface area contributed by atoms with Crippen LogP contribution in [-0.2, 0) is 11.2 Å². The maximum Gasteiger partial charge on any atom is 0.226 e. The zero-order valence-corrected chi connectivity index (χ0v) is 12.4. The maximum absolute atomic E-state index is 12.0. The molecule has 116 valence electrons. The van der Waals surface area contributed by atoms with Crippen molar-refractivity contribution in [3.63, 3.8) is 0 Å². The number of carbonyl (C=O) groups is 1. The summed E-state index contributed by atoms with van der Waals surface area (Å²) >= 11 is 0. The van der Waals surface area contributed by atoms with E-state index in [1.165, 1.54) is 0 Å². The fourth-order valence-electron chi connectivity index (χ4n) is 2.83. The van der Waals surface area contributed by atoms with Gasteiger partial charge in [0.15, 0.2) is 5.76 Å². The highest BCUT2D eigenvalue weighted by atomic mass is 16.5. The topological polar surface area (TPSA) is 75.4 Å². The largest absolute Gasteiger partial charge is 0.388 e. The van der Waals surface area contributed by atoms with E-state index < -0.39 is 5.60 Å². The van der Waals surface area contributed by atoms with Gasteiger partial charge in [-0.25, -0.2) is 0 Å². The first-order valence-electron chi connectivity index (χ1n) is 7.65. The first-order chi connectivity index (χ1) is 10.6. The van der Waals surface area contributed by atoms with Crippen molar-refractivity contribution in [1.29, 1.82) is 0 Å². The molecule has 1 aromatic heterocycles. The summed E-state index contributed by atoms with van der Waals surface area (Å²) in [5.41, 5.74) is 0.797. The van der Waals surface area contributed by atoms with Crippen molar-refractivity contribution in [1.82, 2.24) is 10.5 Å². The first-order valence-corrected chi connectivity index (χ1v) is 7.65. The Morgan fingerprint density at radius 3 is 2.73 bits per heavy atom. The maximum atomic E-state index is 12.0. The Balaban J connectivity index is 1.55. The van der Waals surface area contributed by atoms with Crippen molar-refractivity contribution in [2.75, 3.05) is 6.54 Å². The van der Waals surface area contributed by atoms with Gasteiger partial charge in [-0.3, -0.25) is 4.79 Å². The third kappa shape index (κ3) is 3.54. The molecule has 1 aromatic carbocycles. The molecule has 1 fully saturated rings. The summed E-state index contributed by atoms with van der Waals surface area (Å²) in [6.45, 7) is 0.315. The number of nitrogens with zero attached hydrogens (tertiary/aromatic N) is 1. The van der Waals surface area contributed by atoms with E-state index in [0.29, 0.717) is 18.0 Å². The van der Waals surface area contributed by atoms with E-state index in [9.17, 15) is 9.90 Å². The standard InChI is InChI=1S/C17H20N2O3/c20-16(18-12-17(21)8-4-5-9-17)11-14-10-15(22-19-14)13-6-2-1-3-7-13/h1-3,6-7,10,21H,4-5,8-9,11-12H2,(H,18,20).